The normalized spacial score (nSPS) is 11.3. The third kappa shape index (κ3) is 8.71. The maximum absolute atomic E-state index is 12.9. The van der Waals surface area contributed by atoms with Crippen LogP contribution in [-0.2, 0) is 36.9 Å². The second kappa shape index (κ2) is 13.0. The van der Waals surface area contributed by atoms with Gasteiger partial charge in [0.2, 0.25) is 11.8 Å². The van der Waals surface area contributed by atoms with Crippen molar-refractivity contribution in [2.75, 3.05) is 13.2 Å². The van der Waals surface area contributed by atoms with Gasteiger partial charge in [-0.1, -0.05) is 60.7 Å². The number of amides is 2. The van der Waals surface area contributed by atoms with Gasteiger partial charge in [-0.25, -0.2) is 0 Å². The van der Waals surface area contributed by atoms with Crippen LogP contribution in [0.5, 0.6) is 0 Å². The van der Waals surface area contributed by atoms with Crippen LogP contribution in [0.4, 0.5) is 0 Å². The number of benzene rings is 2. The van der Waals surface area contributed by atoms with Gasteiger partial charge in [0, 0.05) is 26.3 Å². The molecule has 0 saturated carbocycles. The largest absolute Gasteiger partial charge is 0.465 e. The van der Waals surface area contributed by atoms with Crippen molar-refractivity contribution >= 4 is 23.6 Å². The van der Waals surface area contributed by atoms with E-state index in [4.69, 9.17) is 4.74 Å². The zero-order chi connectivity index (χ0) is 23.3. The van der Waals surface area contributed by atoms with Crippen molar-refractivity contribution in [2.24, 2.45) is 0 Å². The zero-order valence-electron chi connectivity index (χ0n) is 18.6. The summed E-state index contributed by atoms with van der Waals surface area (Å²) in [6, 6.07) is 18.0. The molecule has 0 unspecified atom stereocenters. The van der Waals surface area contributed by atoms with Crippen molar-refractivity contribution in [2.45, 2.75) is 45.7 Å². The third-order valence-corrected chi connectivity index (χ3v) is 4.83. The lowest BCUT2D eigenvalue weighted by Crippen LogP contribution is -2.42. The maximum Gasteiger partial charge on any atom is 0.325 e. The Labute approximate surface area is 188 Å². The van der Waals surface area contributed by atoms with Crippen LogP contribution in [0.3, 0.4) is 0 Å². The molecule has 0 aliphatic heterocycles. The van der Waals surface area contributed by atoms with Crippen LogP contribution in [-0.4, -0.2) is 47.7 Å². The van der Waals surface area contributed by atoms with E-state index in [0.29, 0.717) is 6.42 Å². The van der Waals surface area contributed by atoms with E-state index >= 15 is 0 Å². The van der Waals surface area contributed by atoms with E-state index in [1.807, 2.05) is 60.7 Å². The predicted molar refractivity (Wildman–Crippen MR) is 120 cm³/mol. The van der Waals surface area contributed by atoms with E-state index < -0.39 is 12.0 Å². The SMILES string of the molecule is CCOC(=O)CN(Cc1ccccc1)C(=O)CCC(=O)[C@H](Cc1ccccc1)NC(C)=O. The van der Waals surface area contributed by atoms with Crippen LogP contribution < -0.4 is 5.32 Å². The van der Waals surface area contributed by atoms with E-state index in [2.05, 4.69) is 5.32 Å². The van der Waals surface area contributed by atoms with Crippen molar-refractivity contribution in [3.05, 3.63) is 71.8 Å². The molecule has 2 amide bonds. The summed E-state index contributed by atoms with van der Waals surface area (Å²) in [6.07, 6.45) is 0.255. The number of hydrogen-bond acceptors (Lipinski definition) is 5. The molecule has 170 valence electrons. The monoisotopic (exact) mass is 438 g/mol. The molecule has 0 heterocycles. The van der Waals surface area contributed by atoms with Gasteiger partial charge in [0.15, 0.2) is 5.78 Å². The first kappa shape index (κ1) is 24.8. The van der Waals surface area contributed by atoms with Crippen LogP contribution in [0, 0.1) is 0 Å². The Kier molecular flexibility index (Phi) is 10.1. The molecule has 0 bridgehead atoms. The molecule has 7 heteroatoms. The van der Waals surface area contributed by atoms with E-state index in [1.165, 1.54) is 11.8 Å². The summed E-state index contributed by atoms with van der Waals surface area (Å²) in [5, 5.41) is 2.68. The second-order valence-corrected chi connectivity index (χ2v) is 7.45. The topological polar surface area (TPSA) is 92.8 Å². The van der Waals surface area contributed by atoms with Gasteiger partial charge in [-0.05, 0) is 24.5 Å². The molecule has 2 aromatic carbocycles. The van der Waals surface area contributed by atoms with Crippen LogP contribution >= 0.6 is 0 Å². The fourth-order valence-corrected chi connectivity index (χ4v) is 3.30. The number of ketones is 1. The minimum atomic E-state index is -0.713. The summed E-state index contributed by atoms with van der Waals surface area (Å²) in [5.41, 5.74) is 1.79. The number of esters is 1. The number of ether oxygens (including phenoxy) is 1. The smallest absolute Gasteiger partial charge is 0.325 e. The van der Waals surface area contributed by atoms with Crippen molar-refractivity contribution in [3.8, 4) is 0 Å². The lowest BCUT2D eigenvalue weighted by molar-refractivity contribution is -0.149. The molecule has 0 radical (unpaired) electrons. The van der Waals surface area contributed by atoms with Gasteiger partial charge in [-0.3, -0.25) is 19.2 Å². The predicted octanol–water partition coefficient (Wildman–Crippen LogP) is 2.68. The standard InChI is InChI=1S/C25H30N2O5/c1-3-32-25(31)18-27(17-21-12-8-5-9-13-21)24(30)15-14-23(29)22(26-19(2)28)16-20-10-6-4-7-11-20/h4-13,22H,3,14-18H2,1-2H3,(H,26,28)/t22-/m0/s1. The first-order valence-corrected chi connectivity index (χ1v) is 10.7. The fourth-order valence-electron chi connectivity index (χ4n) is 3.30. The summed E-state index contributed by atoms with van der Waals surface area (Å²) in [4.78, 5) is 50.7. The molecule has 1 atom stereocenters. The molecule has 2 rings (SSSR count). The summed E-state index contributed by atoms with van der Waals surface area (Å²) in [6.45, 7) is 3.34. The lowest BCUT2D eigenvalue weighted by Gasteiger charge is -2.22. The minimum absolute atomic E-state index is 0.0370. The Morgan fingerprint density at radius 1 is 0.906 bits per heavy atom. The Bertz CT molecular complexity index is 899. The van der Waals surface area contributed by atoms with Crippen LogP contribution in [0.1, 0.15) is 37.8 Å². The molecule has 0 aliphatic carbocycles. The maximum atomic E-state index is 12.9. The average Bonchev–Trinajstić information content (AvgIpc) is 2.77. The Morgan fingerprint density at radius 3 is 2.06 bits per heavy atom. The van der Waals surface area contributed by atoms with Crippen LogP contribution in [0.15, 0.2) is 60.7 Å². The molecule has 0 saturated heterocycles. The van der Waals surface area contributed by atoms with Gasteiger partial charge < -0.3 is 15.0 Å². The molecular formula is C25H30N2O5. The van der Waals surface area contributed by atoms with E-state index in [0.717, 1.165) is 11.1 Å². The summed E-state index contributed by atoms with van der Waals surface area (Å²) in [7, 11) is 0. The van der Waals surface area contributed by atoms with Gasteiger partial charge in [0.25, 0.3) is 0 Å². The van der Waals surface area contributed by atoms with Gasteiger partial charge in [0.1, 0.15) is 6.54 Å². The Morgan fingerprint density at radius 2 is 1.50 bits per heavy atom. The highest BCUT2D eigenvalue weighted by Crippen LogP contribution is 2.11. The van der Waals surface area contributed by atoms with Gasteiger partial charge in [-0.15, -0.1) is 0 Å². The quantitative estimate of drug-likeness (QED) is 0.515. The Hall–Kier alpha value is -3.48. The summed E-state index contributed by atoms with van der Waals surface area (Å²) in [5.74, 6) is -1.35. The number of hydrogen-bond donors (Lipinski definition) is 1. The number of rotatable bonds is 12. The second-order valence-electron chi connectivity index (χ2n) is 7.45. The molecule has 1 N–H and O–H groups in total. The van der Waals surface area contributed by atoms with Crippen molar-refractivity contribution in [1.82, 2.24) is 10.2 Å². The molecule has 0 aromatic heterocycles. The molecule has 2 aromatic rings. The van der Waals surface area contributed by atoms with E-state index in [9.17, 15) is 19.2 Å². The highest BCUT2D eigenvalue weighted by atomic mass is 16.5. The molecule has 0 spiro atoms. The van der Waals surface area contributed by atoms with E-state index in [-0.39, 0.29) is 50.1 Å². The number of nitrogens with one attached hydrogen (secondary N) is 1. The number of nitrogens with zero attached hydrogens (tertiary/aromatic N) is 1. The summed E-state index contributed by atoms with van der Waals surface area (Å²) >= 11 is 0. The number of Topliss-reactive ketones (excluding diaryl/α,β-unsaturated/α-hetero) is 1. The first-order valence-electron chi connectivity index (χ1n) is 10.7. The van der Waals surface area contributed by atoms with Gasteiger partial charge >= 0.3 is 5.97 Å². The van der Waals surface area contributed by atoms with Crippen molar-refractivity contribution < 1.29 is 23.9 Å². The first-order chi connectivity index (χ1) is 15.4. The highest BCUT2D eigenvalue weighted by Gasteiger charge is 2.23. The zero-order valence-corrected chi connectivity index (χ0v) is 18.6. The van der Waals surface area contributed by atoms with Crippen molar-refractivity contribution in [1.29, 1.82) is 0 Å². The molecule has 7 nitrogen and oxygen atoms in total. The van der Waals surface area contributed by atoms with Gasteiger partial charge in [0.05, 0.1) is 12.6 Å². The number of carbonyl (C=O) groups excluding carboxylic acids is 4. The number of carbonyl (C=O) groups is 4. The minimum Gasteiger partial charge on any atom is -0.465 e. The van der Waals surface area contributed by atoms with Crippen molar-refractivity contribution in [3.63, 3.8) is 0 Å². The highest BCUT2D eigenvalue weighted by molar-refractivity contribution is 5.92. The summed E-state index contributed by atoms with van der Waals surface area (Å²) < 4.78 is 4.99. The Balaban J connectivity index is 2.03. The van der Waals surface area contributed by atoms with Crippen LogP contribution in [0.2, 0.25) is 0 Å². The van der Waals surface area contributed by atoms with Gasteiger partial charge in [-0.2, -0.15) is 0 Å². The molecule has 32 heavy (non-hydrogen) atoms. The average molecular weight is 439 g/mol. The molecular weight excluding hydrogens is 408 g/mol. The molecule has 0 fully saturated rings. The third-order valence-electron chi connectivity index (χ3n) is 4.83. The lowest BCUT2D eigenvalue weighted by atomic mass is 9.99. The fraction of sp³-hybridized carbons (Fsp3) is 0.360. The van der Waals surface area contributed by atoms with Crippen LogP contribution in [0.25, 0.3) is 0 Å². The van der Waals surface area contributed by atoms with E-state index in [1.54, 1.807) is 6.92 Å². The molecule has 0 aliphatic rings.